The van der Waals surface area contributed by atoms with E-state index in [0.717, 1.165) is 28.1 Å². The molecule has 2 heterocycles. The van der Waals surface area contributed by atoms with E-state index in [1.54, 1.807) is 0 Å². The Morgan fingerprint density at radius 1 is 1.04 bits per heavy atom. The maximum absolute atomic E-state index is 5.69. The lowest BCUT2D eigenvalue weighted by atomic mass is 10.1. The molecule has 0 bridgehead atoms. The number of aromatic nitrogens is 4. The van der Waals surface area contributed by atoms with Gasteiger partial charge in [0, 0.05) is 12.1 Å². The molecule has 0 aliphatic heterocycles. The fraction of sp³-hybridized carbons (Fsp3) is 0.167. The summed E-state index contributed by atoms with van der Waals surface area (Å²) >= 11 is 1.39. The second kappa shape index (κ2) is 5.72. The average Bonchev–Trinajstić information content (AvgIpc) is 3.17. The van der Waals surface area contributed by atoms with Crippen LogP contribution in [0.5, 0.6) is 0 Å². The van der Waals surface area contributed by atoms with Crippen LogP contribution in [-0.2, 0) is 6.54 Å². The first-order valence-corrected chi connectivity index (χ1v) is 8.52. The minimum atomic E-state index is 0.480. The van der Waals surface area contributed by atoms with Crippen molar-refractivity contribution in [2.75, 3.05) is 5.73 Å². The Bertz CT molecular complexity index is 1030. The van der Waals surface area contributed by atoms with Crippen molar-refractivity contribution in [1.29, 1.82) is 0 Å². The van der Waals surface area contributed by atoms with E-state index in [4.69, 9.17) is 5.73 Å². The molecular formula is C18H17N5S. The van der Waals surface area contributed by atoms with Crippen molar-refractivity contribution in [1.82, 2.24) is 19.7 Å². The van der Waals surface area contributed by atoms with E-state index in [9.17, 15) is 0 Å². The zero-order valence-corrected chi connectivity index (χ0v) is 14.3. The van der Waals surface area contributed by atoms with Crippen LogP contribution in [-0.4, -0.2) is 19.7 Å². The lowest BCUT2D eigenvalue weighted by Crippen LogP contribution is -1.99. The zero-order chi connectivity index (χ0) is 16.7. The molecule has 0 saturated carbocycles. The van der Waals surface area contributed by atoms with Crippen molar-refractivity contribution in [2.24, 2.45) is 0 Å². The van der Waals surface area contributed by atoms with Crippen LogP contribution in [0, 0.1) is 13.8 Å². The van der Waals surface area contributed by atoms with Crippen molar-refractivity contribution < 1.29 is 0 Å². The highest BCUT2D eigenvalue weighted by atomic mass is 32.1. The summed E-state index contributed by atoms with van der Waals surface area (Å²) in [4.78, 5) is 4.50. The van der Waals surface area contributed by atoms with Gasteiger partial charge < -0.3 is 10.3 Å². The molecule has 2 aromatic heterocycles. The predicted octanol–water partition coefficient (Wildman–Crippen LogP) is 3.80. The van der Waals surface area contributed by atoms with Gasteiger partial charge >= 0.3 is 0 Å². The number of nitrogens with two attached hydrogens (primary N) is 1. The van der Waals surface area contributed by atoms with Crippen molar-refractivity contribution >= 4 is 27.5 Å². The van der Waals surface area contributed by atoms with E-state index >= 15 is 0 Å². The molecule has 2 aromatic carbocycles. The monoisotopic (exact) mass is 335 g/mol. The summed E-state index contributed by atoms with van der Waals surface area (Å²) in [6.07, 6.45) is 1.89. The summed E-state index contributed by atoms with van der Waals surface area (Å²) in [7, 11) is 0. The van der Waals surface area contributed by atoms with E-state index in [2.05, 4.69) is 57.9 Å². The van der Waals surface area contributed by atoms with Gasteiger partial charge in [0.05, 0.1) is 17.4 Å². The van der Waals surface area contributed by atoms with Crippen LogP contribution in [0.15, 0.2) is 42.7 Å². The summed E-state index contributed by atoms with van der Waals surface area (Å²) in [5.41, 5.74) is 12.6. The van der Waals surface area contributed by atoms with E-state index in [0.29, 0.717) is 5.13 Å². The van der Waals surface area contributed by atoms with Gasteiger partial charge in [-0.05, 0) is 48.7 Å². The summed E-state index contributed by atoms with van der Waals surface area (Å²) in [6.45, 7) is 5.06. The van der Waals surface area contributed by atoms with Gasteiger partial charge in [0.2, 0.25) is 5.13 Å². The summed E-state index contributed by atoms with van der Waals surface area (Å²) in [6, 6.07) is 12.7. The van der Waals surface area contributed by atoms with Gasteiger partial charge in [-0.25, -0.2) is 4.98 Å². The molecule has 0 unspecified atom stereocenters. The van der Waals surface area contributed by atoms with Gasteiger partial charge in [0.15, 0.2) is 0 Å². The molecule has 0 fully saturated rings. The maximum Gasteiger partial charge on any atom is 0.203 e. The molecule has 2 N–H and O–H groups in total. The molecular weight excluding hydrogens is 318 g/mol. The van der Waals surface area contributed by atoms with Crippen molar-refractivity contribution in [3.63, 3.8) is 0 Å². The molecule has 0 amide bonds. The van der Waals surface area contributed by atoms with Crippen LogP contribution in [0.3, 0.4) is 0 Å². The lowest BCUT2D eigenvalue weighted by Gasteiger charge is -2.08. The third-order valence-corrected chi connectivity index (χ3v) is 5.03. The molecule has 4 aromatic rings. The summed E-state index contributed by atoms with van der Waals surface area (Å²) in [5.74, 6) is 0. The van der Waals surface area contributed by atoms with Crippen LogP contribution in [0.25, 0.3) is 21.6 Å². The van der Waals surface area contributed by atoms with Crippen LogP contribution in [0.1, 0.15) is 16.7 Å². The molecule has 5 nitrogen and oxygen atoms in total. The number of hydrogen-bond donors (Lipinski definition) is 1. The van der Waals surface area contributed by atoms with Crippen LogP contribution < -0.4 is 5.73 Å². The number of nitrogen functional groups attached to an aromatic ring is 1. The third kappa shape index (κ3) is 2.65. The normalized spacial score (nSPS) is 11.2. The quantitative estimate of drug-likeness (QED) is 0.618. The average molecular weight is 335 g/mol. The number of fused-ring (bicyclic) bond motifs is 1. The number of benzene rings is 2. The minimum Gasteiger partial charge on any atom is -0.374 e. The first kappa shape index (κ1) is 14.8. The number of hydrogen-bond acceptors (Lipinski definition) is 5. The Morgan fingerprint density at radius 3 is 2.67 bits per heavy atom. The molecule has 0 saturated heterocycles. The first-order chi connectivity index (χ1) is 11.6. The number of imidazole rings is 1. The largest absolute Gasteiger partial charge is 0.374 e. The fourth-order valence-electron chi connectivity index (χ4n) is 2.77. The lowest BCUT2D eigenvalue weighted by molar-refractivity contribution is 0.823. The number of nitrogens with zero attached hydrogens (tertiary/aromatic N) is 4. The Labute approximate surface area is 143 Å². The van der Waals surface area contributed by atoms with E-state index < -0.39 is 0 Å². The highest BCUT2D eigenvalue weighted by molar-refractivity contribution is 7.18. The first-order valence-electron chi connectivity index (χ1n) is 7.70. The summed E-state index contributed by atoms with van der Waals surface area (Å²) in [5, 5.41) is 9.33. The minimum absolute atomic E-state index is 0.480. The molecule has 0 radical (unpaired) electrons. The van der Waals surface area contributed by atoms with E-state index in [-0.39, 0.29) is 0 Å². The van der Waals surface area contributed by atoms with Crippen LogP contribution in [0.2, 0.25) is 0 Å². The smallest absolute Gasteiger partial charge is 0.203 e. The predicted molar refractivity (Wildman–Crippen MR) is 98.1 cm³/mol. The Kier molecular flexibility index (Phi) is 3.54. The third-order valence-electron chi connectivity index (χ3n) is 4.23. The van der Waals surface area contributed by atoms with Gasteiger partial charge in [-0.1, -0.05) is 29.5 Å². The highest BCUT2D eigenvalue weighted by Gasteiger charge is 2.09. The molecule has 0 atom stereocenters. The topological polar surface area (TPSA) is 69.6 Å². The van der Waals surface area contributed by atoms with Crippen molar-refractivity contribution in [3.05, 3.63) is 59.4 Å². The molecule has 24 heavy (non-hydrogen) atoms. The highest BCUT2D eigenvalue weighted by Crippen LogP contribution is 2.27. The van der Waals surface area contributed by atoms with Crippen molar-refractivity contribution in [3.8, 4) is 10.6 Å². The SMILES string of the molecule is Cc1ccc(Cn2cnc3ccc(-c4nnc(N)s4)cc32)cc1C. The Balaban J connectivity index is 1.74. The van der Waals surface area contributed by atoms with Crippen LogP contribution >= 0.6 is 11.3 Å². The van der Waals surface area contributed by atoms with E-state index in [1.807, 2.05) is 18.5 Å². The second-order valence-corrected chi connectivity index (χ2v) is 6.95. The summed E-state index contributed by atoms with van der Waals surface area (Å²) < 4.78 is 2.16. The number of aryl methyl sites for hydroxylation is 2. The van der Waals surface area contributed by atoms with Crippen molar-refractivity contribution in [2.45, 2.75) is 20.4 Å². The fourth-order valence-corrected chi connectivity index (χ4v) is 3.37. The molecule has 0 aliphatic rings. The van der Waals surface area contributed by atoms with Crippen LogP contribution in [0.4, 0.5) is 5.13 Å². The van der Waals surface area contributed by atoms with Gasteiger partial charge in [-0.3, -0.25) is 0 Å². The molecule has 6 heteroatoms. The Morgan fingerprint density at radius 2 is 1.92 bits per heavy atom. The molecule has 120 valence electrons. The van der Waals surface area contributed by atoms with E-state index in [1.165, 1.54) is 28.0 Å². The molecule has 0 spiro atoms. The van der Waals surface area contributed by atoms with Gasteiger partial charge in [-0.2, -0.15) is 0 Å². The Hall–Kier alpha value is -2.73. The second-order valence-electron chi connectivity index (χ2n) is 5.94. The van der Waals surface area contributed by atoms with Gasteiger partial charge in [0.25, 0.3) is 0 Å². The standard InChI is InChI=1S/C18H17N5S/c1-11-3-4-13(7-12(11)2)9-23-10-20-15-6-5-14(8-16(15)23)17-21-22-18(19)24-17/h3-8,10H,9H2,1-2H3,(H2,19,22). The zero-order valence-electron chi connectivity index (χ0n) is 13.5. The molecule has 4 rings (SSSR count). The maximum atomic E-state index is 5.69. The number of rotatable bonds is 3. The number of anilines is 1. The van der Waals surface area contributed by atoms with Gasteiger partial charge in [-0.15, -0.1) is 10.2 Å². The molecule has 0 aliphatic carbocycles. The van der Waals surface area contributed by atoms with Gasteiger partial charge in [0.1, 0.15) is 5.01 Å².